The molecule has 0 aromatic heterocycles. The van der Waals surface area contributed by atoms with Gasteiger partial charge in [0.05, 0.1) is 12.0 Å². The van der Waals surface area contributed by atoms with Crippen LogP contribution in [0.25, 0.3) is 0 Å². The summed E-state index contributed by atoms with van der Waals surface area (Å²) in [5.41, 5.74) is -0.159. The van der Waals surface area contributed by atoms with Crippen molar-refractivity contribution in [3.05, 3.63) is 0 Å². The van der Waals surface area contributed by atoms with Crippen LogP contribution < -0.4 is 0 Å². The molecule has 0 rings (SSSR count). The van der Waals surface area contributed by atoms with E-state index in [0.29, 0.717) is 6.61 Å². The van der Waals surface area contributed by atoms with Gasteiger partial charge in [0.25, 0.3) is 0 Å². The minimum Gasteiger partial charge on any atom is -0.298 e. The number of rotatable bonds is 12. The molecular weight excluding hydrogens is 264 g/mol. The van der Waals surface area contributed by atoms with Gasteiger partial charge in [0, 0.05) is 0 Å². The monoisotopic (exact) mass is 300 g/mol. The third-order valence-corrected chi connectivity index (χ3v) is 4.80. The van der Waals surface area contributed by atoms with E-state index in [2.05, 4.69) is 27.7 Å². The first-order chi connectivity index (χ1) is 9.81. The van der Waals surface area contributed by atoms with Gasteiger partial charge in [-0.15, -0.1) is 0 Å². The van der Waals surface area contributed by atoms with Gasteiger partial charge in [-0.2, -0.15) is 4.89 Å². The maximum absolute atomic E-state index is 12.2. The normalized spacial score (nSPS) is 14.8. The molecule has 21 heavy (non-hydrogen) atoms. The molecule has 0 bridgehead atoms. The van der Waals surface area contributed by atoms with E-state index in [1.165, 1.54) is 12.8 Å². The number of carbonyl (C=O) groups is 1. The first-order valence-corrected chi connectivity index (χ1v) is 8.65. The van der Waals surface area contributed by atoms with Crippen molar-refractivity contribution in [1.29, 1.82) is 0 Å². The Hall–Kier alpha value is -0.570. The highest BCUT2D eigenvalue weighted by Gasteiger charge is 2.35. The lowest BCUT2D eigenvalue weighted by molar-refractivity contribution is -0.281. The average molecular weight is 300 g/mol. The summed E-state index contributed by atoms with van der Waals surface area (Å²) in [5, 5.41) is 0. The quantitative estimate of drug-likeness (QED) is 0.264. The maximum Gasteiger partial charge on any atom is 0.348 e. The Balaban J connectivity index is 4.14. The van der Waals surface area contributed by atoms with E-state index in [1.54, 1.807) is 0 Å². The van der Waals surface area contributed by atoms with Gasteiger partial charge in [0.2, 0.25) is 0 Å². The lowest BCUT2D eigenvalue weighted by Gasteiger charge is -2.30. The SMILES string of the molecule is CCCCCCOOC(=O)C(C)(CC)CCC(C)(C)CC. The maximum atomic E-state index is 12.2. The molecule has 0 fully saturated rings. The van der Waals surface area contributed by atoms with E-state index in [-0.39, 0.29) is 11.4 Å². The zero-order valence-corrected chi connectivity index (χ0v) is 15.1. The van der Waals surface area contributed by atoms with E-state index in [9.17, 15) is 4.79 Å². The molecule has 3 nitrogen and oxygen atoms in total. The summed E-state index contributed by atoms with van der Waals surface area (Å²) in [6, 6.07) is 0. The molecule has 126 valence electrons. The molecule has 0 aromatic carbocycles. The third kappa shape index (κ3) is 8.45. The van der Waals surface area contributed by atoms with E-state index in [1.807, 2.05) is 13.8 Å². The van der Waals surface area contributed by atoms with Crippen LogP contribution in [-0.2, 0) is 14.6 Å². The highest BCUT2D eigenvalue weighted by Crippen LogP contribution is 2.36. The number of hydrogen-bond acceptors (Lipinski definition) is 3. The van der Waals surface area contributed by atoms with Gasteiger partial charge < -0.3 is 0 Å². The number of unbranched alkanes of at least 4 members (excludes halogenated alkanes) is 3. The van der Waals surface area contributed by atoms with Gasteiger partial charge in [0.15, 0.2) is 0 Å². The Bertz CT molecular complexity index is 286. The molecule has 0 N–H and O–H groups in total. The summed E-state index contributed by atoms with van der Waals surface area (Å²) in [5.74, 6) is -0.215. The Labute approximate surface area is 131 Å². The van der Waals surface area contributed by atoms with Crippen LogP contribution in [0.5, 0.6) is 0 Å². The van der Waals surface area contributed by atoms with Crippen LogP contribution in [0.3, 0.4) is 0 Å². The molecule has 0 amide bonds. The summed E-state index contributed by atoms with van der Waals surface area (Å²) >= 11 is 0. The predicted molar refractivity (Wildman–Crippen MR) is 87.9 cm³/mol. The smallest absolute Gasteiger partial charge is 0.298 e. The van der Waals surface area contributed by atoms with E-state index >= 15 is 0 Å². The molecule has 0 heterocycles. The van der Waals surface area contributed by atoms with Crippen LogP contribution in [0.4, 0.5) is 0 Å². The number of hydrogen-bond donors (Lipinski definition) is 0. The summed E-state index contributed by atoms with van der Waals surface area (Å²) in [6.45, 7) is 13.4. The first-order valence-electron chi connectivity index (χ1n) is 8.65. The van der Waals surface area contributed by atoms with Crippen molar-refractivity contribution < 1.29 is 14.6 Å². The molecular formula is C18H36O3. The second kappa shape index (κ2) is 10.2. The summed E-state index contributed by atoms with van der Waals surface area (Å²) in [4.78, 5) is 22.4. The van der Waals surface area contributed by atoms with Gasteiger partial charge in [-0.25, -0.2) is 4.79 Å². The molecule has 0 radical (unpaired) electrons. The predicted octanol–water partition coefficient (Wildman–Crippen LogP) is 5.67. The molecule has 3 heteroatoms. The molecule has 1 atom stereocenters. The Morgan fingerprint density at radius 1 is 0.905 bits per heavy atom. The molecule has 0 aliphatic rings. The lowest BCUT2D eigenvalue weighted by atomic mass is 9.75. The lowest BCUT2D eigenvalue weighted by Crippen LogP contribution is -2.31. The summed E-state index contributed by atoms with van der Waals surface area (Å²) in [7, 11) is 0. The Kier molecular flexibility index (Phi) is 9.93. The van der Waals surface area contributed by atoms with Crippen LogP contribution in [0.15, 0.2) is 0 Å². The van der Waals surface area contributed by atoms with E-state index < -0.39 is 5.41 Å². The van der Waals surface area contributed by atoms with Crippen molar-refractivity contribution in [2.24, 2.45) is 10.8 Å². The van der Waals surface area contributed by atoms with Gasteiger partial charge in [-0.05, 0) is 38.0 Å². The summed E-state index contributed by atoms with van der Waals surface area (Å²) < 4.78 is 0. The molecule has 0 saturated carbocycles. The molecule has 0 aromatic rings. The first kappa shape index (κ1) is 20.4. The van der Waals surface area contributed by atoms with Gasteiger partial charge in [0.1, 0.15) is 0 Å². The van der Waals surface area contributed by atoms with Crippen molar-refractivity contribution in [2.75, 3.05) is 6.61 Å². The van der Waals surface area contributed by atoms with Crippen LogP contribution in [0, 0.1) is 10.8 Å². The highest BCUT2D eigenvalue weighted by molar-refractivity contribution is 5.75. The van der Waals surface area contributed by atoms with Gasteiger partial charge >= 0.3 is 5.97 Å². The average Bonchev–Trinajstić information content (AvgIpc) is 2.48. The van der Waals surface area contributed by atoms with Gasteiger partial charge in [-0.1, -0.05) is 60.3 Å². The molecule has 0 aliphatic carbocycles. The molecule has 0 saturated heterocycles. The third-order valence-electron chi connectivity index (χ3n) is 4.80. The topological polar surface area (TPSA) is 35.5 Å². The van der Waals surface area contributed by atoms with Crippen LogP contribution >= 0.6 is 0 Å². The molecule has 1 unspecified atom stereocenters. The fourth-order valence-electron chi connectivity index (χ4n) is 2.00. The highest BCUT2D eigenvalue weighted by atomic mass is 17.2. The van der Waals surface area contributed by atoms with Crippen molar-refractivity contribution in [1.82, 2.24) is 0 Å². The standard InChI is InChI=1S/C18H36O3/c1-7-10-11-12-15-20-21-16(19)18(6,9-3)14-13-17(4,5)8-2/h7-15H2,1-6H3. The molecule has 0 aliphatic heterocycles. The van der Waals surface area contributed by atoms with Crippen LogP contribution in [0.1, 0.15) is 92.9 Å². The van der Waals surface area contributed by atoms with Crippen LogP contribution in [-0.4, -0.2) is 12.6 Å². The minimum atomic E-state index is -0.435. The van der Waals surface area contributed by atoms with E-state index in [0.717, 1.165) is 38.5 Å². The largest absolute Gasteiger partial charge is 0.348 e. The van der Waals surface area contributed by atoms with Crippen molar-refractivity contribution in [3.63, 3.8) is 0 Å². The summed E-state index contributed by atoms with van der Waals surface area (Å²) in [6.07, 6.45) is 8.26. The van der Waals surface area contributed by atoms with Gasteiger partial charge in [-0.3, -0.25) is 4.89 Å². The second-order valence-corrected chi connectivity index (χ2v) is 7.19. The van der Waals surface area contributed by atoms with Crippen molar-refractivity contribution in [2.45, 2.75) is 92.9 Å². The van der Waals surface area contributed by atoms with Crippen molar-refractivity contribution in [3.8, 4) is 0 Å². The fraction of sp³-hybridized carbons (Fsp3) is 0.944. The second-order valence-electron chi connectivity index (χ2n) is 7.19. The van der Waals surface area contributed by atoms with Crippen molar-refractivity contribution >= 4 is 5.97 Å². The minimum absolute atomic E-state index is 0.215. The zero-order chi connectivity index (χ0) is 16.4. The van der Waals surface area contributed by atoms with E-state index in [4.69, 9.17) is 9.78 Å². The number of carbonyl (C=O) groups excluding carboxylic acids is 1. The molecule has 0 spiro atoms. The zero-order valence-electron chi connectivity index (χ0n) is 15.1. The Morgan fingerprint density at radius 2 is 1.57 bits per heavy atom. The Morgan fingerprint density at radius 3 is 2.10 bits per heavy atom. The van der Waals surface area contributed by atoms with Crippen LogP contribution in [0.2, 0.25) is 0 Å². The fourth-order valence-corrected chi connectivity index (χ4v) is 2.00.